The molecule has 0 bridgehead atoms. The molecule has 1 aliphatic heterocycles. The van der Waals surface area contributed by atoms with Gasteiger partial charge in [0.05, 0.1) is 18.2 Å². The molecule has 1 N–H and O–H groups in total. The van der Waals surface area contributed by atoms with E-state index in [-0.39, 0.29) is 18.6 Å². The third kappa shape index (κ3) is 5.48. The van der Waals surface area contributed by atoms with Crippen LogP contribution < -0.4 is 0 Å². The SMILES string of the molecule is CC(C)OC(=O)CN(C)CC1(O)CCOCC1. The molecule has 5 heteroatoms. The molecule has 0 atom stereocenters. The summed E-state index contributed by atoms with van der Waals surface area (Å²) in [6.07, 6.45) is 1.15. The Kier molecular flexibility index (Phi) is 5.36. The van der Waals surface area contributed by atoms with Crippen molar-refractivity contribution in [3.05, 3.63) is 0 Å². The molecule has 0 aromatic rings. The number of nitrogens with zero attached hydrogens (tertiary/aromatic N) is 1. The fourth-order valence-corrected chi connectivity index (χ4v) is 1.99. The average molecular weight is 245 g/mol. The maximum Gasteiger partial charge on any atom is 0.320 e. The quantitative estimate of drug-likeness (QED) is 0.711. The molecule has 1 aliphatic rings. The first-order valence-corrected chi connectivity index (χ1v) is 6.09. The van der Waals surface area contributed by atoms with E-state index in [0.29, 0.717) is 32.6 Å². The van der Waals surface area contributed by atoms with Crippen molar-refractivity contribution in [2.24, 2.45) is 0 Å². The Hall–Kier alpha value is -0.650. The summed E-state index contributed by atoms with van der Waals surface area (Å²) in [5.41, 5.74) is -0.731. The number of carbonyl (C=O) groups is 1. The lowest BCUT2D eigenvalue weighted by Crippen LogP contribution is -2.47. The van der Waals surface area contributed by atoms with Crippen LogP contribution in [0.25, 0.3) is 0 Å². The van der Waals surface area contributed by atoms with Crippen molar-refractivity contribution in [3.63, 3.8) is 0 Å². The maximum atomic E-state index is 11.4. The number of hydrogen-bond donors (Lipinski definition) is 1. The predicted molar refractivity (Wildman–Crippen MR) is 63.7 cm³/mol. The number of esters is 1. The smallest absolute Gasteiger partial charge is 0.320 e. The van der Waals surface area contributed by atoms with Gasteiger partial charge in [0.2, 0.25) is 0 Å². The van der Waals surface area contributed by atoms with Crippen molar-refractivity contribution in [1.29, 1.82) is 0 Å². The van der Waals surface area contributed by atoms with E-state index in [2.05, 4.69) is 0 Å². The van der Waals surface area contributed by atoms with E-state index in [4.69, 9.17) is 9.47 Å². The van der Waals surface area contributed by atoms with Crippen LogP contribution in [0.2, 0.25) is 0 Å². The molecule has 0 aliphatic carbocycles. The number of likely N-dealkylation sites (N-methyl/N-ethyl adjacent to an activating group) is 1. The fraction of sp³-hybridized carbons (Fsp3) is 0.917. The van der Waals surface area contributed by atoms with Crippen LogP contribution in [0.15, 0.2) is 0 Å². The second kappa shape index (κ2) is 6.33. The number of hydrogen-bond acceptors (Lipinski definition) is 5. The summed E-state index contributed by atoms with van der Waals surface area (Å²) in [6, 6.07) is 0. The van der Waals surface area contributed by atoms with E-state index < -0.39 is 5.60 Å². The molecule has 1 rings (SSSR count). The Morgan fingerprint density at radius 1 is 1.47 bits per heavy atom. The topological polar surface area (TPSA) is 59.0 Å². The molecule has 100 valence electrons. The van der Waals surface area contributed by atoms with E-state index in [1.165, 1.54) is 0 Å². The molecule has 5 nitrogen and oxygen atoms in total. The molecular weight excluding hydrogens is 222 g/mol. The summed E-state index contributed by atoms with van der Waals surface area (Å²) < 4.78 is 10.3. The number of ether oxygens (including phenoxy) is 2. The average Bonchev–Trinajstić information content (AvgIpc) is 2.15. The van der Waals surface area contributed by atoms with Crippen LogP contribution in [0, 0.1) is 0 Å². The van der Waals surface area contributed by atoms with Gasteiger partial charge in [-0.15, -0.1) is 0 Å². The summed E-state index contributed by atoms with van der Waals surface area (Å²) in [5, 5.41) is 10.3. The first kappa shape index (κ1) is 14.4. The van der Waals surface area contributed by atoms with Crippen molar-refractivity contribution >= 4 is 5.97 Å². The van der Waals surface area contributed by atoms with Crippen molar-refractivity contribution in [1.82, 2.24) is 4.90 Å². The lowest BCUT2D eigenvalue weighted by Gasteiger charge is -2.35. The molecule has 1 heterocycles. The molecule has 0 saturated carbocycles. The van der Waals surface area contributed by atoms with Gasteiger partial charge in [0, 0.05) is 32.6 Å². The summed E-state index contributed by atoms with van der Waals surface area (Å²) in [6.45, 7) is 5.50. The predicted octanol–water partition coefficient (Wildman–Crippen LogP) is 0.411. The minimum Gasteiger partial charge on any atom is -0.462 e. The minimum absolute atomic E-state index is 0.0953. The largest absolute Gasteiger partial charge is 0.462 e. The highest BCUT2D eigenvalue weighted by atomic mass is 16.5. The Morgan fingerprint density at radius 3 is 2.59 bits per heavy atom. The van der Waals surface area contributed by atoms with Crippen LogP contribution in [0.4, 0.5) is 0 Å². The van der Waals surface area contributed by atoms with Gasteiger partial charge in [-0.05, 0) is 20.9 Å². The molecule has 17 heavy (non-hydrogen) atoms. The summed E-state index contributed by atoms with van der Waals surface area (Å²) >= 11 is 0. The Bertz CT molecular complexity index is 249. The highest BCUT2D eigenvalue weighted by molar-refractivity contribution is 5.71. The van der Waals surface area contributed by atoms with Gasteiger partial charge in [-0.25, -0.2) is 0 Å². The first-order valence-electron chi connectivity index (χ1n) is 6.09. The number of aliphatic hydroxyl groups is 1. The number of carbonyl (C=O) groups excluding carboxylic acids is 1. The van der Waals surface area contributed by atoms with Crippen LogP contribution in [0.5, 0.6) is 0 Å². The van der Waals surface area contributed by atoms with Crippen LogP contribution >= 0.6 is 0 Å². The van der Waals surface area contributed by atoms with Gasteiger partial charge >= 0.3 is 5.97 Å². The van der Waals surface area contributed by atoms with Crippen LogP contribution in [0.3, 0.4) is 0 Å². The van der Waals surface area contributed by atoms with Gasteiger partial charge < -0.3 is 14.6 Å². The van der Waals surface area contributed by atoms with Gasteiger partial charge in [-0.3, -0.25) is 9.69 Å². The second-order valence-corrected chi connectivity index (χ2v) is 5.05. The van der Waals surface area contributed by atoms with Gasteiger partial charge in [0.25, 0.3) is 0 Å². The maximum absolute atomic E-state index is 11.4. The normalized spacial score (nSPS) is 19.6. The van der Waals surface area contributed by atoms with Crippen molar-refractivity contribution in [2.45, 2.75) is 38.4 Å². The highest BCUT2D eigenvalue weighted by Gasteiger charge is 2.31. The van der Waals surface area contributed by atoms with E-state index in [9.17, 15) is 9.90 Å². The minimum atomic E-state index is -0.731. The van der Waals surface area contributed by atoms with Crippen molar-refractivity contribution in [2.75, 3.05) is 33.4 Å². The molecule has 0 radical (unpaired) electrons. The molecule has 0 aromatic carbocycles. The molecule has 0 spiro atoms. The van der Waals surface area contributed by atoms with E-state index in [1.54, 1.807) is 4.90 Å². The Labute approximate surface area is 103 Å². The molecule has 0 amide bonds. The fourth-order valence-electron chi connectivity index (χ4n) is 1.99. The zero-order valence-electron chi connectivity index (χ0n) is 10.9. The van der Waals surface area contributed by atoms with Gasteiger partial charge in [-0.2, -0.15) is 0 Å². The summed E-state index contributed by atoms with van der Waals surface area (Å²) in [7, 11) is 1.81. The third-order valence-electron chi connectivity index (χ3n) is 2.75. The Balaban J connectivity index is 2.32. The van der Waals surface area contributed by atoms with Gasteiger partial charge in [-0.1, -0.05) is 0 Å². The summed E-state index contributed by atoms with van der Waals surface area (Å²) in [5.74, 6) is -0.252. The standard InChI is InChI=1S/C12H23NO4/c1-10(2)17-11(14)8-13(3)9-12(15)4-6-16-7-5-12/h10,15H,4-9H2,1-3H3. The molecular formula is C12H23NO4. The van der Waals surface area contributed by atoms with Crippen molar-refractivity contribution in [3.8, 4) is 0 Å². The highest BCUT2D eigenvalue weighted by Crippen LogP contribution is 2.21. The summed E-state index contributed by atoms with van der Waals surface area (Å²) in [4.78, 5) is 13.2. The molecule has 0 aromatic heterocycles. The molecule has 0 unspecified atom stereocenters. The van der Waals surface area contributed by atoms with Crippen LogP contribution in [0.1, 0.15) is 26.7 Å². The Morgan fingerprint density at radius 2 is 2.06 bits per heavy atom. The van der Waals surface area contributed by atoms with Gasteiger partial charge in [0.1, 0.15) is 0 Å². The zero-order valence-corrected chi connectivity index (χ0v) is 10.9. The molecule has 1 saturated heterocycles. The van der Waals surface area contributed by atoms with Crippen LogP contribution in [-0.2, 0) is 14.3 Å². The number of rotatable bonds is 5. The van der Waals surface area contributed by atoms with E-state index >= 15 is 0 Å². The van der Waals surface area contributed by atoms with Gasteiger partial charge in [0.15, 0.2) is 0 Å². The lowest BCUT2D eigenvalue weighted by molar-refractivity contribution is -0.149. The monoisotopic (exact) mass is 245 g/mol. The first-order chi connectivity index (χ1) is 7.91. The van der Waals surface area contributed by atoms with E-state index in [0.717, 1.165) is 0 Å². The lowest BCUT2D eigenvalue weighted by atomic mass is 9.94. The zero-order chi connectivity index (χ0) is 12.9. The van der Waals surface area contributed by atoms with Crippen molar-refractivity contribution < 1.29 is 19.4 Å². The third-order valence-corrected chi connectivity index (χ3v) is 2.75. The van der Waals surface area contributed by atoms with E-state index in [1.807, 2.05) is 20.9 Å². The van der Waals surface area contributed by atoms with Crippen LogP contribution in [-0.4, -0.2) is 61.0 Å². The second-order valence-electron chi connectivity index (χ2n) is 5.05. The molecule has 1 fully saturated rings.